The largest absolute Gasteiger partial charge is 0.294 e. The van der Waals surface area contributed by atoms with Gasteiger partial charge in [0.25, 0.3) is 0 Å². The Kier molecular flexibility index (Phi) is 3.46. The molecule has 0 saturated heterocycles. The van der Waals surface area contributed by atoms with Crippen LogP contribution in [0.4, 0.5) is 8.78 Å². The number of halogens is 2. The molecular weight excluding hydrogens is 250 g/mol. The molecule has 3 nitrogen and oxygen atoms in total. The van der Waals surface area contributed by atoms with Crippen LogP contribution in [0.2, 0.25) is 0 Å². The van der Waals surface area contributed by atoms with Gasteiger partial charge in [0.15, 0.2) is 5.78 Å². The van der Waals surface area contributed by atoms with E-state index >= 15 is 0 Å². The van der Waals surface area contributed by atoms with Crippen molar-refractivity contribution in [1.82, 2.24) is 9.78 Å². The number of nitrogens with zero attached hydrogens (tertiary/aromatic N) is 2. The Morgan fingerprint density at radius 1 is 1.26 bits per heavy atom. The molecule has 2 aromatic rings. The summed E-state index contributed by atoms with van der Waals surface area (Å²) in [5.74, 6) is -2.23. The van der Waals surface area contributed by atoms with E-state index in [0.29, 0.717) is 5.69 Å². The third-order valence-corrected chi connectivity index (χ3v) is 3.24. The summed E-state index contributed by atoms with van der Waals surface area (Å²) in [6.07, 6.45) is -0.0522. The van der Waals surface area contributed by atoms with E-state index in [1.807, 2.05) is 6.92 Å². The maximum Gasteiger partial charge on any atom is 0.173 e. The van der Waals surface area contributed by atoms with Gasteiger partial charge in [-0.05, 0) is 26.0 Å². The number of carbonyl (C=O) groups is 1. The Morgan fingerprint density at radius 3 is 2.32 bits per heavy atom. The van der Waals surface area contributed by atoms with E-state index in [2.05, 4.69) is 5.10 Å². The molecule has 0 atom stereocenters. The summed E-state index contributed by atoms with van der Waals surface area (Å²) in [6, 6.07) is 3.40. The van der Waals surface area contributed by atoms with Crippen LogP contribution in [0, 0.1) is 25.5 Å². The molecule has 0 fully saturated rings. The molecule has 100 valence electrons. The fourth-order valence-corrected chi connectivity index (χ4v) is 2.09. The smallest absolute Gasteiger partial charge is 0.173 e. The second-order valence-electron chi connectivity index (χ2n) is 4.47. The number of carbonyl (C=O) groups excluding carboxylic acids is 1. The fraction of sp³-hybridized carbons (Fsp3) is 0.286. The quantitative estimate of drug-likeness (QED) is 0.799. The van der Waals surface area contributed by atoms with Gasteiger partial charge in [-0.15, -0.1) is 0 Å². The lowest BCUT2D eigenvalue weighted by Gasteiger charge is -2.05. The molecule has 1 aromatic heterocycles. The molecule has 0 bridgehead atoms. The number of benzene rings is 1. The normalized spacial score (nSPS) is 10.8. The van der Waals surface area contributed by atoms with Gasteiger partial charge < -0.3 is 0 Å². The van der Waals surface area contributed by atoms with Crippen molar-refractivity contribution in [2.45, 2.75) is 20.3 Å². The van der Waals surface area contributed by atoms with E-state index < -0.39 is 23.0 Å². The maximum atomic E-state index is 13.5. The number of rotatable bonds is 3. The average molecular weight is 264 g/mol. The Balaban J connectivity index is 2.36. The van der Waals surface area contributed by atoms with Gasteiger partial charge in [0.1, 0.15) is 11.6 Å². The van der Waals surface area contributed by atoms with Crippen molar-refractivity contribution in [2.75, 3.05) is 0 Å². The molecule has 0 aliphatic rings. The lowest BCUT2D eigenvalue weighted by Crippen LogP contribution is -2.10. The molecular formula is C14H14F2N2O. The molecule has 0 aliphatic carbocycles. The van der Waals surface area contributed by atoms with Gasteiger partial charge in [-0.1, -0.05) is 6.07 Å². The monoisotopic (exact) mass is 264 g/mol. The Bertz CT molecular complexity index is 627. The summed E-state index contributed by atoms with van der Waals surface area (Å²) < 4.78 is 28.7. The van der Waals surface area contributed by atoms with Gasteiger partial charge in [0.2, 0.25) is 0 Å². The van der Waals surface area contributed by atoms with E-state index in [1.54, 1.807) is 18.7 Å². The van der Waals surface area contributed by atoms with Crippen molar-refractivity contribution < 1.29 is 13.6 Å². The second-order valence-corrected chi connectivity index (χ2v) is 4.47. The molecule has 0 aliphatic heterocycles. The van der Waals surface area contributed by atoms with Crippen molar-refractivity contribution in [1.29, 1.82) is 0 Å². The second kappa shape index (κ2) is 4.91. The van der Waals surface area contributed by atoms with Crippen LogP contribution in [0.25, 0.3) is 0 Å². The summed E-state index contributed by atoms with van der Waals surface area (Å²) in [7, 11) is 1.76. The maximum absolute atomic E-state index is 13.5. The van der Waals surface area contributed by atoms with E-state index in [4.69, 9.17) is 0 Å². The van der Waals surface area contributed by atoms with Crippen LogP contribution >= 0.6 is 0 Å². The number of aromatic nitrogens is 2. The highest BCUT2D eigenvalue weighted by Gasteiger charge is 2.20. The van der Waals surface area contributed by atoms with Gasteiger partial charge in [0, 0.05) is 24.7 Å². The van der Waals surface area contributed by atoms with Crippen LogP contribution in [-0.2, 0) is 13.5 Å². The minimum atomic E-state index is -0.829. The first-order chi connectivity index (χ1) is 8.91. The van der Waals surface area contributed by atoms with Gasteiger partial charge in [-0.2, -0.15) is 5.10 Å². The SMILES string of the molecule is Cc1nn(C)c(C)c1CC(=O)c1c(F)cccc1F. The van der Waals surface area contributed by atoms with Crippen molar-refractivity contribution in [2.24, 2.45) is 7.05 Å². The molecule has 5 heteroatoms. The zero-order valence-corrected chi connectivity index (χ0v) is 11.0. The number of hydrogen-bond donors (Lipinski definition) is 0. The highest BCUT2D eigenvalue weighted by molar-refractivity contribution is 5.98. The Hall–Kier alpha value is -2.04. The topological polar surface area (TPSA) is 34.9 Å². The van der Waals surface area contributed by atoms with Crippen LogP contribution in [0.3, 0.4) is 0 Å². The number of Topliss-reactive ketones (excluding diaryl/α,β-unsaturated/α-hetero) is 1. The fourth-order valence-electron chi connectivity index (χ4n) is 2.09. The zero-order chi connectivity index (χ0) is 14.2. The van der Waals surface area contributed by atoms with E-state index in [1.165, 1.54) is 6.07 Å². The molecule has 0 unspecified atom stereocenters. The molecule has 0 spiro atoms. The van der Waals surface area contributed by atoms with Crippen LogP contribution in [-0.4, -0.2) is 15.6 Å². The average Bonchev–Trinajstić information content (AvgIpc) is 2.56. The summed E-state index contributed by atoms with van der Waals surface area (Å²) >= 11 is 0. The van der Waals surface area contributed by atoms with Crippen molar-refractivity contribution in [3.05, 3.63) is 52.3 Å². The van der Waals surface area contributed by atoms with Gasteiger partial charge in [-0.25, -0.2) is 8.78 Å². The molecule has 1 aromatic carbocycles. The first-order valence-electron chi connectivity index (χ1n) is 5.88. The third kappa shape index (κ3) is 2.41. The molecule has 19 heavy (non-hydrogen) atoms. The van der Waals surface area contributed by atoms with Crippen molar-refractivity contribution in [3.63, 3.8) is 0 Å². The summed E-state index contributed by atoms with van der Waals surface area (Å²) in [5, 5.41) is 4.18. The molecule has 0 N–H and O–H groups in total. The van der Waals surface area contributed by atoms with Crippen LogP contribution in [0.5, 0.6) is 0 Å². The van der Waals surface area contributed by atoms with Crippen LogP contribution < -0.4 is 0 Å². The zero-order valence-electron chi connectivity index (χ0n) is 11.0. The predicted molar refractivity (Wildman–Crippen MR) is 67.1 cm³/mol. The van der Waals surface area contributed by atoms with Gasteiger partial charge in [0.05, 0.1) is 11.3 Å². The van der Waals surface area contributed by atoms with E-state index in [9.17, 15) is 13.6 Å². The first kappa shape index (κ1) is 13.4. The van der Waals surface area contributed by atoms with Crippen LogP contribution in [0.1, 0.15) is 27.3 Å². The summed E-state index contributed by atoms with van der Waals surface area (Å²) in [4.78, 5) is 12.1. The van der Waals surface area contributed by atoms with Gasteiger partial charge in [-0.3, -0.25) is 9.48 Å². The summed E-state index contributed by atoms with van der Waals surface area (Å²) in [5.41, 5.74) is 1.76. The van der Waals surface area contributed by atoms with Gasteiger partial charge >= 0.3 is 0 Å². The first-order valence-corrected chi connectivity index (χ1v) is 5.88. The minimum Gasteiger partial charge on any atom is -0.294 e. The Morgan fingerprint density at radius 2 is 1.84 bits per heavy atom. The van der Waals surface area contributed by atoms with E-state index in [-0.39, 0.29) is 6.42 Å². The molecule has 0 radical (unpaired) electrons. The lowest BCUT2D eigenvalue weighted by atomic mass is 10.0. The van der Waals surface area contributed by atoms with E-state index in [0.717, 1.165) is 23.4 Å². The minimum absolute atomic E-state index is 0.0522. The molecule has 0 saturated carbocycles. The van der Waals surface area contributed by atoms with Crippen molar-refractivity contribution in [3.8, 4) is 0 Å². The number of ketones is 1. The van der Waals surface area contributed by atoms with Crippen LogP contribution in [0.15, 0.2) is 18.2 Å². The highest BCUT2D eigenvalue weighted by atomic mass is 19.1. The third-order valence-electron chi connectivity index (χ3n) is 3.24. The predicted octanol–water partition coefficient (Wildman–Crippen LogP) is 2.74. The lowest BCUT2D eigenvalue weighted by molar-refractivity contribution is 0.0984. The molecule has 1 heterocycles. The van der Waals surface area contributed by atoms with Crippen molar-refractivity contribution >= 4 is 5.78 Å². The standard InChI is InChI=1S/C14H14F2N2O/c1-8-10(9(2)18(3)17-8)7-13(19)14-11(15)5-4-6-12(14)16/h4-6H,7H2,1-3H3. The summed E-state index contributed by atoms with van der Waals surface area (Å²) in [6.45, 7) is 3.59. The number of hydrogen-bond acceptors (Lipinski definition) is 2. The highest BCUT2D eigenvalue weighted by Crippen LogP contribution is 2.18. The molecule has 2 rings (SSSR count). The number of aryl methyl sites for hydroxylation is 2. The Labute approximate surface area is 109 Å². The molecule has 0 amide bonds.